The van der Waals surface area contributed by atoms with E-state index in [0.29, 0.717) is 19.6 Å². The van der Waals surface area contributed by atoms with E-state index in [4.69, 9.17) is 4.98 Å². The van der Waals surface area contributed by atoms with Crippen molar-refractivity contribution in [2.75, 3.05) is 39.3 Å². The van der Waals surface area contributed by atoms with Crippen molar-refractivity contribution in [3.63, 3.8) is 0 Å². The molecule has 2 saturated heterocycles. The molecule has 1 unspecified atom stereocenters. The molecule has 7 nitrogen and oxygen atoms in total. The maximum atomic E-state index is 13.6. The SMILES string of the molecule is O=C(C(c1ccccc1)N1CCCC1)N1CCN(Cc2nc3sc4c(c3c(=O)[nH]2)CCCC4)CC1. The number of benzene rings is 1. The van der Waals surface area contributed by atoms with Crippen LogP contribution in [0.4, 0.5) is 0 Å². The van der Waals surface area contributed by atoms with Crippen molar-refractivity contribution in [2.24, 2.45) is 0 Å². The summed E-state index contributed by atoms with van der Waals surface area (Å²) < 4.78 is 0. The van der Waals surface area contributed by atoms with Crippen LogP contribution in [0, 0.1) is 0 Å². The molecular formula is C27H33N5O2S. The van der Waals surface area contributed by atoms with E-state index in [0.717, 1.165) is 79.9 Å². The molecular weight excluding hydrogens is 458 g/mol. The van der Waals surface area contributed by atoms with Gasteiger partial charge in [-0.15, -0.1) is 11.3 Å². The monoisotopic (exact) mass is 491 g/mol. The molecule has 3 aromatic rings. The van der Waals surface area contributed by atoms with Crippen molar-refractivity contribution in [2.45, 2.75) is 51.1 Å². The number of hydrogen-bond acceptors (Lipinski definition) is 6. The zero-order valence-corrected chi connectivity index (χ0v) is 21.0. The third-order valence-corrected chi connectivity index (χ3v) is 8.97. The molecule has 1 aromatic carbocycles. The first-order chi connectivity index (χ1) is 17.2. The summed E-state index contributed by atoms with van der Waals surface area (Å²) in [6.07, 6.45) is 6.75. The van der Waals surface area contributed by atoms with Crippen LogP contribution in [0.3, 0.4) is 0 Å². The van der Waals surface area contributed by atoms with Crippen LogP contribution in [0.25, 0.3) is 10.2 Å². The van der Waals surface area contributed by atoms with Gasteiger partial charge in [0.05, 0.1) is 11.9 Å². The van der Waals surface area contributed by atoms with Crippen molar-refractivity contribution in [1.82, 2.24) is 24.7 Å². The average molecular weight is 492 g/mol. The van der Waals surface area contributed by atoms with E-state index in [1.807, 2.05) is 23.1 Å². The van der Waals surface area contributed by atoms with Crippen LogP contribution in [-0.4, -0.2) is 69.8 Å². The number of aromatic amines is 1. The number of carbonyl (C=O) groups excluding carboxylic acids is 1. The van der Waals surface area contributed by atoms with Gasteiger partial charge >= 0.3 is 0 Å². The molecule has 35 heavy (non-hydrogen) atoms. The lowest BCUT2D eigenvalue weighted by Crippen LogP contribution is -2.51. The Labute approximate surface area is 209 Å². The van der Waals surface area contributed by atoms with E-state index in [1.54, 1.807) is 11.3 Å². The minimum atomic E-state index is -0.185. The number of H-pyrrole nitrogens is 1. The smallest absolute Gasteiger partial charge is 0.259 e. The minimum Gasteiger partial charge on any atom is -0.338 e. The number of likely N-dealkylation sites (tertiary alicyclic amines) is 1. The summed E-state index contributed by atoms with van der Waals surface area (Å²) >= 11 is 1.70. The zero-order valence-electron chi connectivity index (χ0n) is 20.2. The van der Waals surface area contributed by atoms with Gasteiger partial charge in [-0.25, -0.2) is 4.98 Å². The number of thiophene rings is 1. The van der Waals surface area contributed by atoms with E-state index >= 15 is 0 Å². The lowest BCUT2D eigenvalue weighted by atomic mass is 9.97. The third kappa shape index (κ3) is 4.55. The van der Waals surface area contributed by atoms with Gasteiger partial charge in [0, 0.05) is 31.1 Å². The summed E-state index contributed by atoms with van der Waals surface area (Å²) in [7, 11) is 0. The van der Waals surface area contributed by atoms with Crippen LogP contribution in [0.1, 0.15) is 53.6 Å². The van der Waals surface area contributed by atoms with Gasteiger partial charge in [0.1, 0.15) is 16.7 Å². The average Bonchev–Trinajstić information content (AvgIpc) is 3.53. The molecule has 1 amide bonds. The minimum absolute atomic E-state index is 0.00882. The highest BCUT2D eigenvalue weighted by Crippen LogP contribution is 2.33. The Hall–Kier alpha value is -2.55. The summed E-state index contributed by atoms with van der Waals surface area (Å²) in [5.41, 5.74) is 2.33. The molecule has 0 spiro atoms. The highest BCUT2D eigenvalue weighted by molar-refractivity contribution is 7.18. The maximum Gasteiger partial charge on any atom is 0.259 e. The second kappa shape index (κ2) is 9.84. The van der Waals surface area contributed by atoms with Crippen molar-refractivity contribution in [3.05, 3.63) is 62.5 Å². The predicted molar refractivity (Wildman–Crippen MR) is 139 cm³/mol. The molecule has 0 saturated carbocycles. The Morgan fingerprint density at radius 3 is 2.49 bits per heavy atom. The van der Waals surface area contributed by atoms with Gasteiger partial charge in [-0.05, 0) is 62.7 Å². The van der Waals surface area contributed by atoms with Crippen LogP contribution >= 0.6 is 11.3 Å². The Kier molecular flexibility index (Phi) is 6.43. The fraction of sp³-hybridized carbons (Fsp3) is 0.519. The van der Waals surface area contributed by atoms with Gasteiger partial charge < -0.3 is 9.88 Å². The highest BCUT2D eigenvalue weighted by Gasteiger charge is 2.34. The zero-order chi connectivity index (χ0) is 23.8. The summed E-state index contributed by atoms with van der Waals surface area (Å²) in [6.45, 7) is 5.57. The lowest BCUT2D eigenvalue weighted by Gasteiger charge is -2.38. The topological polar surface area (TPSA) is 72.5 Å². The number of amides is 1. The lowest BCUT2D eigenvalue weighted by molar-refractivity contribution is -0.138. The first kappa shape index (κ1) is 22.9. The van der Waals surface area contributed by atoms with Gasteiger partial charge in [-0.3, -0.25) is 19.4 Å². The number of aryl methyl sites for hydroxylation is 2. The number of piperazine rings is 1. The Bertz CT molecular complexity index is 1260. The van der Waals surface area contributed by atoms with Gasteiger partial charge in [-0.1, -0.05) is 30.3 Å². The Morgan fingerprint density at radius 1 is 0.971 bits per heavy atom. The van der Waals surface area contributed by atoms with Crippen molar-refractivity contribution in [3.8, 4) is 0 Å². The van der Waals surface area contributed by atoms with E-state index in [9.17, 15) is 9.59 Å². The normalized spacial score (nSPS) is 20.3. The number of hydrogen-bond donors (Lipinski definition) is 1. The van der Waals surface area contributed by atoms with Crippen LogP contribution < -0.4 is 5.56 Å². The first-order valence-electron chi connectivity index (χ1n) is 13.0. The number of carbonyl (C=O) groups is 1. The summed E-state index contributed by atoms with van der Waals surface area (Å²) in [4.78, 5) is 43.3. The standard InChI is InChI=1S/C27H33N5O2S/c33-25-23-20-10-4-5-11-21(20)35-26(23)29-22(28-25)18-30-14-16-32(17-15-30)27(34)24(31-12-6-7-13-31)19-8-2-1-3-9-19/h1-3,8-9,24H,4-7,10-18H2,(H,28,29,33). The first-order valence-corrected chi connectivity index (χ1v) is 13.8. The molecule has 6 rings (SSSR count). The summed E-state index contributed by atoms with van der Waals surface area (Å²) in [5.74, 6) is 0.954. The molecule has 8 heteroatoms. The Morgan fingerprint density at radius 2 is 1.71 bits per heavy atom. The number of fused-ring (bicyclic) bond motifs is 3. The summed E-state index contributed by atoms with van der Waals surface area (Å²) in [6, 6.07) is 10.0. The molecule has 2 fully saturated rings. The van der Waals surface area contributed by atoms with Gasteiger partial charge in [0.25, 0.3) is 5.56 Å². The molecule has 1 atom stereocenters. The van der Waals surface area contributed by atoms with Crippen LogP contribution in [0.15, 0.2) is 35.1 Å². The van der Waals surface area contributed by atoms with Crippen molar-refractivity contribution >= 4 is 27.5 Å². The van der Waals surface area contributed by atoms with Crippen LogP contribution in [-0.2, 0) is 24.2 Å². The van der Waals surface area contributed by atoms with E-state index in [-0.39, 0.29) is 17.5 Å². The number of rotatable bonds is 5. The Balaban J connectivity index is 1.13. The van der Waals surface area contributed by atoms with Crippen molar-refractivity contribution < 1.29 is 4.79 Å². The van der Waals surface area contributed by atoms with E-state index in [1.165, 1.54) is 16.9 Å². The molecule has 2 aromatic heterocycles. The molecule has 2 aliphatic heterocycles. The number of aromatic nitrogens is 2. The van der Waals surface area contributed by atoms with Gasteiger partial charge in [0.15, 0.2) is 0 Å². The molecule has 1 aliphatic carbocycles. The number of nitrogens with zero attached hydrogens (tertiary/aromatic N) is 4. The molecule has 0 radical (unpaired) electrons. The van der Waals surface area contributed by atoms with Crippen molar-refractivity contribution in [1.29, 1.82) is 0 Å². The quantitative estimate of drug-likeness (QED) is 0.593. The predicted octanol–water partition coefficient (Wildman–Crippen LogP) is 3.34. The molecule has 184 valence electrons. The van der Waals surface area contributed by atoms with Crippen LogP contribution in [0.5, 0.6) is 0 Å². The van der Waals surface area contributed by atoms with Gasteiger partial charge in [-0.2, -0.15) is 0 Å². The second-order valence-corrected chi connectivity index (χ2v) is 11.1. The fourth-order valence-corrected chi connectivity index (χ4v) is 7.22. The van der Waals surface area contributed by atoms with E-state index < -0.39 is 0 Å². The molecule has 3 aliphatic rings. The number of nitrogens with one attached hydrogen (secondary N) is 1. The van der Waals surface area contributed by atoms with Crippen LogP contribution in [0.2, 0.25) is 0 Å². The highest BCUT2D eigenvalue weighted by atomic mass is 32.1. The molecule has 4 heterocycles. The summed E-state index contributed by atoms with van der Waals surface area (Å²) in [5, 5.41) is 0.817. The largest absolute Gasteiger partial charge is 0.338 e. The molecule has 0 bridgehead atoms. The third-order valence-electron chi connectivity index (χ3n) is 7.79. The second-order valence-electron chi connectivity index (χ2n) is 10.1. The van der Waals surface area contributed by atoms with E-state index in [2.05, 4.69) is 26.9 Å². The van der Waals surface area contributed by atoms with Gasteiger partial charge in [0.2, 0.25) is 5.91 Å². The maximum absolute atomic E-state index is 13.6. The fourth-order valence-electron chi connectivity index (χ4n) is 5.94. The molecule has 1 N–H and O–H groups in total.